The normalized spacial score (nSPS) is 15.8. The van der Waals surface area contributed by atoms with Crippen LogP contribution in [-0.2, 0) is 27.3 Å². The summed E-state index contributed by atoms with van der Waals surface area (Å²) in [6.07, 6.45) is 0.483. The summed E-state index contributed by atoms with van der Waals surface area (Å²) in [4.78, 5) is 1.50. The lowest BCUT2D eigenvalue weighted by molar-refractivity contribution is 0.481. The molecule has 0 saturated heterocycles. The Morgan fingerprint density at radius 3 is 2.38 bits per heavy atom. The highest BCUT2D eigenvalue weighted by Gasteiger charge is 2.27. The summed E-state index contributed by atoms with van der Waals surface area (Å²) in [5.41, 5.74) is 2.19. The van der Waals surface area contributed by atoms with Crippen molar-refractivity contribution in [2.24, 2.45) is 0 Å². The van der Waals surface area contributed by atoms with Gasteiger partial charge in [-0.2, -0.15) is 8.42 Å². The Labute approximate surface area is 155 Å². The molecule has 4 nitrogen and oxygen atoms in total. The summed E-state index contributed by atoms with van der Waals surface area (Å²) in [7, 11) is -5.32. The van der Waals surface area contributed by atoms with Gasteiger partial charge >= 0.3 is 10.1 Å². The molecule has 1 unspecified atom stereocenters. The van der Waals surface area contributed by atoms with Crippen LogP contribution >= 0.6 is 0 Å². The molecule has 0 bridgehead atoms. The van der Waals surface area contributed by atoms with Crippen LogP contribution in [0.15, 0.2) is 81.4 Å². The second kappa shape index (κ2) is 6.37. The second-order valence-electron chi connectivity index (χ2n) is 6.09. The zero-order chi connectivity index (χ0) is 18.3. The first-order valence-electron chi connectivity index (χ1n) is 8.09. The first kappa shape index (κ1) is 17.0. The molecule has 6 heteroatoms. The van der Waals surface area contributed by atoms with Crippen LogP contribution in [0, 0.1) is 6.92 Å². The summed E-state index contributed by atoms with van der Waals surface area (Å²) >= 11 is 0. The predicted octanol–water partition coefficient (Wildman–Crippen LogP) is 3.83. The quantitative estimate of drug-likeness (QED) is 0.504. The number of hydrogen-bond donors (Lipinski definition) is 0. The maximum absolute atomic E-state index is 12.9. The lowest BCUT2D eigenvalue weighted by Crippen LogP contribution is -2.15. The Kier molecular flexibility index (Phi) is 4.17. The molecular formula is C20H16O4S2. The molecule has 1 atom stereocenters. The van der Waals surface area contributed by atoms with Crippen molar-refractivity contribution in [3.8, 4) is 5.75 Å². The molecule has 0 N–H and O–H groups in total. The maximum Gasteiger partial charge on any atom is 0.339 e. The molecule has 1 aliphatic heterocycles. The van der Waals surface area contributed by atoms with E-state index in [1.54, 1.807) is 43.3 Å². The number of rotatable bonds is 3. The minimum Gasteiger partial charge on any atom is -0.379 e. The molecule has 3 aromatic carbocycles. The Hall–Kier alpha value is -2.44. The molecule has 0 saturated carbocycles. The van der Waals surface area contributed by atoms with Gasteiger partial charge in [-0.1, -0.05) is 42.5 Å². The van der Waals surface area contributed by atoms with Crippen molar-refractivity contribution in [3.05, 3.63) is 83.4 Å². The number of aryl methyl sites for hydroxylation is 1. The smallest absolute Gasteiger partial charge is 0.339 e. The number of fused-ring (bicyclic) bond motifs is 2. The fourth-order valence-electron chi connectivity index (χ4n) is 3.11. The van der Waals surface area contributed by atoms with Crippen molar-refractivity contribution in [2.45, 2.75) is 28.0 Å². The molecule has 0 radical (unpaired) electrons. The van der Waals surface area contributed by atoms with Crippen LogP contribution in [0.1, 0.15) is 16.7 Å². The lowest BCUT2D eigenvalue weighted by Gasteiger charge is -2.21. The van der Waals surface area contributed by atoms with Crippen LogP contribution < -0.4 is 4.18 Å². The Morgan fingerprint density at radius 2 is 1.58 bits per heavy atom. The van der Waals surface area contributed by atoms with E-state index in [0.717, 1.165) is 10.5 Å². The molecule has 26 heavy (non-hydrogen) atoms. The molecule has 132 valence electrons. The topological polar surface area (TPSA) is 60.4 Å². The van der Waals surface area contributed by atoms with E-state index in [1.165, 1.54) is 6.07 Å². The fraction of sp³-hybridized carbons (Fsp3) is 0.100. The third-order valence-electron chi connectivity index (χ3n) is 4.39. The van der Waals surface area contributed by atoms with E-state index >= 15 is 0 Å². The molecular weight excluding hydrogens is 368 g/mol. The zero-order valence-electron chi connectivity index (χ0n) is 14.0. The van der Waals surface area contributed by atoms with Crippen molar-refractivity contribution in [1.29, 1.82) is 0 Å². The van der Waals surface area contributed by atoms with Gasteiger partial charge in [0.2, 0.25) is 0 Å². The van der Waals surface area contributed by atoms with Crippen LogP contribution in [0.25, 0.3) is 0 Å². The van der Waals surface area contributed by atoms with Crippen molar-refractivity contribution in [1.82, 2.24) is 0 Å². The summed E-state index contributed by atoms with van der Waals surface area (Å²) in [5.74, 6) is 0.230. The van der Waals surface area contributed by atoms with E-state index in [0.29, 0.717) is 22.4 Å². The minimum absolute atomic E-state index is 0.134. The third kappa shape index (κ3) is 2.85. The molecule has 4 rings (SSSR count). The van der Waals surface area contributed by atoms with Crippen molar-refractivity contribution < 1.29 is 16.8 Å². The van der Waals surface area contributed by atoms with Crippen LogP contribution in [0.5, 0.6) is 5.75 Å². The zero-order valence-corrected chi connectivity index (χ0v) is 15.6. The van der Waals surface area contributed by atoms with Gasteiger partial charge in [0.1, 0.15) is 10.6 Å². The summed E-state index contributed by atoms with van der Waals surface area (Å²) < 4.78 is 43.8. The Bertz CT molecular complexity index is 1130. The van der Waals surface area contributed by atoms with Gasteiger partial charge in [0.15, 0.2) is 0 Å². The van der Waals surface area contributed by atoms with Gasteiger partial charge in [-0.25, -0.2) is 4.21 Å². The average molecular weight is 384 g/mol. The number of benzene rings is 3. The van der Waals surface area contributed by atoms with Gasteiger partial charge in [-0.15, -0.1) is 0 Å². The lowest BCUT2D eigenvalue weighted by atomic mass is 10.0. The highest BCUT2D eigenvalue weighted by Crippen LogP contribution is 2.37. The van der Waals surface area contributed by atoms with Crippen molar-refractivity contribution in [2.75, 3.05) is 0 Å². The maximum atomic E-state index is 12.9. The van der Waals surface area contributed by atoms with Crippen LogP contribution in [0.3, 0.4) is 0 Å². The van der Waals surface area contributed by atoms with Gasteiger partial charge in [0.25, 0.3) is 0 Å². The minimum atomic E-state index is -3.97. The van der Waals surface area contributed by atoms with Crippen molar-refractivity contribution >= 4 is 20.9 Å². The predicted molar refractivity (Wildman–Crippen MR) is 99.4 cm³/mol. The standard InChI is InChI=1S/C20H16O4S2/c1-14-7-2-5-12-20(14)26(22,23)24-17-9-6-11-19-16(17)13-15-8-3-4-10-18(15)25(19)21/h2-12H,13H2,1H3. The van der Waals surface area contributed by atoms with E-state index in [4.69, 9.17) is 4.18 Å². The molecule has 0 aliphatic carbocycles. The Morgan fingerprint density at radius 1 is 0.885 bits per heavy atom. The van der Waals surface area contributed by atoms with Crippen LogP contribution in [0.4, 0.5) is 0 Å². The first-order valence-corrected chi connectivity index (χ1v) is 10.6. The molecule has 0 spiro atoms. The fourth-order valence-corrected chi connectivity index (χ4v) is 5.72. The van der Waals surface area contributed by atoms with E-state index in [-0.39, 0.29) is 10.6 Å². The third-order valence-corrected chi connectivity index (χ3v) is 7.37. The highest BCUT2D eigenvalue weighted by atomic mass is 32.2. The summed E-state index contributed by atoms with van der Waals surface area (Å²) in [6, 6.07) is 19.2. The Balaban J connectivity index is 1.78. The second-order valence-corrected chi connectivity index (χ2v) is 9.02. The highest BCUT2D eigenvalue weighted by molar-refractivity contribution is 7.87. The summed E-state index contributed by atoms with van der Waals surface area (Å²) in [5, 5.41) is 0. The molecule has 1 heterocycles. The van der Waals surface area contributed by atoms with Gasteiger partial charge < -0.3 is 4.18 Å². The first-order chi connectivity index (χ1) is 12.5. The van der Waals surface area contributed by atoms with Crippen molar-refractivity contribution in [3.63, 3.8) is 0 Å². The van der Waals surface area contributed by atoms with Gasteiger partial charge in [0.05, 0.1) is 15.7 Å². The molecule has 3 aromatic rings. The average Bonchev–Trinajstić information content (AvgIpc) is 2.63. The van der Waals surface area contributed by atoms with Crippen LogP contribution in [-0.4, -0.2) is 12.6 Å². The molecule has 0 aromatic heterocycles. The monoisotopic (exact) mass is 384 g/mol. The van der Waals surface area contributed by atoms with E-state index < -0.39 is 20.9 Å². The van der Waals surface area contributed by atoms with Crippen LogP contribution in [0.2, 0.25) is 0 Å². The SMILES string of the molecule is Cc1ccccc1S(=O)(=O)Oc1cccc2c1Cc1ccccc1S2=O. The van der Waals surface area contributed by atoms with Gasteiger partial charge in [0, 0.05) is 16.9 Å². The van der Waals surface area contributed by atoms with Gasteiger partial charge in [-0.05, 0) is 42.3 Å². The molecule has 0 amide bonds. The number of hydrogen-bond acceptors (Lipinski definition) is 4. The summed E-state index contributed by atoms with van der Waals surface area (Å²) in [6.45, 7) is 1.72. The molecule has 1 aliphatic rings. The van der Waals surface area contributed by atoms with E-state index in [1.807, 2.05) is 24.3 Å². The van der Waals surface area contributed by atoms with E-state index in [9.17, 15) is 12.6 Å². The molecule has 0 fully saturated rings. The van der Waals surface area contributed by atoms with E-state index in [2.05, 4.69) is 0 Å². The largest absolute Gasteiger partial charge is 0.379 e. The van der Waals surface area contributed by atoms with Gasteiger partial charge in [-0.3, -0.25) is 0 Å².